The minimum Gasteiger partial charge on any atom is -0.467 e. The van der Waals surface area contributed by atoms with Crippen molar-refractivity contribution >= 4 is 14.3 Å². The van der Waals surface area contributed by atoms with Crippen LogP contribution in [-0.4, -0.2) is 39.2 Å². The number of ether oxygens (including phenoxy) is 1. The molecule has 108 valence electrons. The number of methoxy groups -OCH3 is 1. The maximum Gasteiger partial charge on any atom is 0.334 e. The van der Waals surface area contributed by atoms with Crippen molar-refractivity contribution in [3.63, 3.8) is 0 Å². The molecule has 0 spiro atoms. The maximum absolute atomic E-state index is 11.2. The van der Waals surface area contributed by atoms with Gasteiger partial charge in [0.2, 0.25) is 0 Å². The van der Waals surface area contributed by atoms with Crippen molar-refractivity contribution in [1.29, 1.82) is 0 Å². The van der Waals surface area contributed by atoms with Gasteiger partial charge in [0, 0.05) is 6.61 Å². The van der Waals surface area contributed by atoms with Crippen molar-refractivity contribution in [1.82, 2.24) is 0 Å². The standard InChI is InChI=1S/C13H28O4Si/c1-10(11(14)12(15)16-5)8-9-17-18(6,7)13(2,3)4/h10-11,14H,8-9H2,1-7H3/t10-,11+/m1/s1. The summed E-state index contributed by atoms with van der Waals surface area (Å²) in [6, 6.07) is 0. The van der Waals surface area contributed by atoms with E-state index in [4.69, 9.17) is 4.43 Å². The molecule has 0 saturated heterocycles. The third-order valence-corrected chi connectivity index (χ3v) is 8.36. The van der Waals surface area contributed by atoms with Crippen molar-refractivity contribution in [2.75, 3.05) is 13.7 Å². The van der Waals surface area contributed by atoms with Crippen LogP contribution in [0.15, 0.2) is 0 Å². The SMILES string of the molecule is COC(=O)[C@@H](O)[C@H](C)CCO[Si](C)(C)C(C)(C)C. The van der Waals surface area contributed by atoms with Gasteiger partial charge in [0.05, 0.1) is 7.11 Å². The molecule has 0 bridgehead atoms. The molecular weight excluding hydrogens is 248 g/mol. The van der Waals surface area contributed by atoms with Gasteiger partial charge in [-0.15, -0.1) is 0 Å². The molecule has 0 unspecified atom stereocenters. The molecule has 2 atom stereocenters. The molecule has 0 fully saturated rings. The molecule has 0 aromatic rings. The normalized spacial score (nSPS) is 16.2. The predicted octanol–water partition coefficient (Wildman–Crippen LogP) is 2.57. The number of carbonyl (C=O) groups is 1. The number of aliphatic hydroxyl groups excluding tert-OH is 1. The molecule has 0 heterocycles. The smallest absolute Gasteiger partial charge is 0.334 e. The number of carbonyl (C=O) groups excluding carboxylic acids is 1. The Balaban J connectivity index is 4.17. The Morgan fingerprint density at radius 1 is 1.33 bits per heavy atom. The largest absolute Gasteiger partial charge is 0.467 e. The van der Waals surface area contributed by atoms with E-state index in [0.717, 1.165) is 0 Å². The van der Waals surface area contributed by atoms with Gasteiger partial charge >= 0.3 is 5.97 Å². The summed E-state index contributed by atoms with van der Waals surface area (Å²) in [6.07, 6.45) is -0.402. The second-order valence-corrected chi connectivity index (χ2v) is 11.2. The molecule has 0 rings (SSSR count). The van der Waals surface area contributed by atoms with Crippen LogP contribution in [0.25, 0.3) is 0 Å². The molecule has 0 aromatic heterocycles. The molecule has 0 radical (unpaired) electrons. The van der Waals surface area contributed by atoms with Crippen LogP contribution in [0.5, 0.6) is 0 Å². The first-order valence-corrected chi connectivity index (χ1v) is 9.33. The second-order valence-electron chi connectivity index (χ2n) is 6.34. The van der Waals surface area contributed by atoms with E-state index in [1.165, 1.54) is 7.11 Å². The van der Waals surface area contributed by atoms with E-state index in [-0.39, 0.29) is 11.0 Å². The molecule has 0 aliphatic carbocycles. The minimum atomic E-state index is -1.74. The van der Waals surface area contributed by atoms with Gasteiger partial charge in [0.25, 0.3) is 0 Å². The van der Waals surface area contributed by atoms with Crippen LogP contribution in [0, 0.1) is 5.92 Å². The summed E-state index contributed by atoms with van der Waals surface area (Å²) < 4.78 is 10.5. The van der Waals surface area contributed by atoms with Gasteiger partial charge in [0.15, 0.2) is 14.4 Å². The average Bonchev–Trinajstić information content (AvgIpc) is 2.24. The highest BCUT2D eigenvalue weighted by Crippen LogP contribution is 2.36. The lowest BCUT2D eigenvalue weighted by Gasteiger charge is -2.36. The van der Waals surface area contributed by atoms with Crippen LogP contribution in [0.4, 0.5) is 0 Å². The highest BCUT2D eigenvalue weighted by molar-refractivity contribution is 6.74. The van der Waals surface area contributed by atoms with Gasteiger partial charge in [-0.3, -0.25) is 0 Å². The number of hydrogen-bond donors (Lipinski definition) is 1. The van der Waals surface area contributed by atoms with Crippen LogP contribution < -0.4 is 0 Å². The Morgan fingerprint density at radius 3 is 2.22 bits per heavy atom. The monoisotopic (exact) mass is 276 g/mol. The number of aliphatic hydroxyl groups is 1. The lowest BCUT2D eigenvalue weighted by atomic mass is 10.0. The molecule has 0 saturated carbocycles. The summed E-state index contributed by atoms with van der Waals surface area (Å²) in [5.74, 6) is -0.725. The van der Waals surface area contributed by atoms with E-state index in [1.807, 2.05) is 6.92 Å². The first-order valence-electron chi connectivity index (χ1n) is 6.43. The average molecular weight is 276 g/mol. The van der Waals surface area contributed by atoms with Crippen molar-refractivity contribution < 1.29 is 19.1 Å². The Kier molecular flexibility index (Phi) is 6.53. The Bertz CT molecular complexity index is 271. The molecule has 0 aliphatic heterocycles. The lowest BCUT2D eigenvalue weighted by Crippen LogP contribution is -2.41. The van der Waals surface area contributed by atoms with E-state index >= 15 is 0 Å². The molecule has 0 aromatic carbocycles. The van der Waals surface area contributed by atoms with Crippen LogP contribution in [0.2, 0.25) is 18.1 Å². The van der Waals surface area contributed by atoms with Crippen molar-refractivity contribution in [2.45, 2.75) is 58.4 Å². The van der Waals surface area contributed by atoms with Crippen LogP contribution in [0.3, 0.4) is 0 Å². The number of esters is 1. The van der Waals surface area contributed by atoms with E-state index < -0.39 is 20.4 Å². The van der Waals surface area contributed by atoms with E-state index in [1.54, 1.807) is 0 Å². The van der Waals surface area contributed by atoms with Crippen LogP contribution in [-0.2, 0) is 14.0 Å². The maximum atomic E-state index is 11.2. The van der Waals surface area contributed by atoms with Crippen LogP contribution >= 0.6 is 0 Å². The molecule has 18 heavy (non-hydrogen) atoms. The quantitative estimate of drug-likeness (QED) is 0.598. The molecule has 4 nitrogen and oxygen atoms in total. The Labute approximate surface area is 112 Å². The van der Waals surface area contributed by atoms with E-state index in [0.29, 0.717) is 13.0 Å². The van der Waals surface area contributed by atoms with Gasteiger partial charge < -0.3 is 14.3 Å². The third kappa shape index (κ3) is 5.08. The Hall–Kier alpha value is -0.393. The number of hydrogen-bond acceptors (Lipinski definition) is 4. The predicted molar refractivity (Wildman–Crippen MR) is 75.0 cm³/mol. The molecule has 5 heteroatoms. The zero-order valence-corrected chi connectivity index (χ0v) is 13.7. The zero-order chi connectivity index (χ0) is 14.6. The van der Waals surface area contributed by atoms with Gasteiger partial charge in [-0.2, -0.15) is 0 Å². The summed E-state index contributed by atoms with van der Waals surface area (Å²) in [4.78, 5) is 11.2. The summed E-state index contributed by atoms with van der Waals surface area (Å²) in [7, 11) is -0.458. The first kappa shape index (κ1) is 17.6. The zero-order valence-electron chi connectivity index (χ0n) is 12.7. The van der Waals surface area contributed by atoms with Gasteiger partial charge in [0.1, 0.15) is 0 Å². The highest BCUT2D eigenvalue weighted by Gasteiger charge is 2.37. The van der Waals surface area contributed by atoms with Crippen LogP contribution in [0.1, 0.15) is 34.1 Å². The second kappa shape index (κ2) is 6.68. The topological polar surface area (TPSA) is 55.8 Å². The van der Waals surface area contributed by atoms with Gasteiger partial charge in [-0.1, -0.05) is 27.7 Å². The summed E-state index contributed by atoms with van der Waals surface area (Å²) >= 11 is 0. The molecule has 0 amide bonds. The van der Waals surface area contributed by atoms with E-state index in [9.17, 15) is 9.90 Å². The van der Waals surface area contributed by atoms with Crippen molar-refractivity contribution in [2.24, 2.45) is 5.92 Å². The minimum absolute atomic E-state index is 0.151. The molecular formula is C13H28O4Si. The third-order valence-electron chi connectivity index (χ3n) is 3.82. The first-order chi connectivity index (χ1) is 8.03. The molecule has 1 N–H and O–H groups in total. The Morgan fingerprint density at radius 2 is 1.83 bits per heavy atom. The van der Waals surface area contributed by atoms with Crippen molar-refractivity contribution in [3.8, 4) is 0 Å². The molecule has 0 aliphatic rings. The van der Waals surface area contributed by atoms with E-state index in [2.05, 4.69) is 38.6 Å². The van der Waals surface area contributed by atoms with Crippen molar-refractivity contribution in [3.05, 3.63) is 0 Å². The fraction of sp³-hybridized carbons (Fsp3) is 0.923. The lowest BCUT2D eigenvalue weighted by molar-refractivity contribution is -0.153. The summed E-state index contributed by atoms with van der Waals surface area (Å²) in [6.45, 7) is 13.3. The fourth-order valence-corrected chi connectivity index (χ4v) is 2.29. The summed E-state index contributed by atoms with van der Waals surface area (Å²) in [5.41, 5.74) is 0. The summed E-state index contributed by atoms with van der Waals surface area (Å²) in [5, 5.41) is 9.83. The van der Waals surface area contributed by atoms with Gasteiger partial charge in [-0.05, 0) is 30.5 Å². The fourth-order valence-electron chi connectivity index (χ4n) is 1.23. The van der Waals surface area contributed by atoms with Gasteiger partial charge in [-0.25, -0.2) is 4.79 Å². The highest BCUT2D eigenvalue weighted by atomic mass is 28.4. The number of rotatable bonds is 6.